The number of hydrogen-bond acceptors (Lipinski definition) is 3. The number of Topliss-reactive ketones (excluding diaryl/α,β-unsaturated/α-hetero) is 1. The van der Waals surface area contributed by atoms with Crippen molar-refractivity contribution < 1.29 is 9.90 Å². The maximum atomic E-state index is 12.0. The van der Waals surface area contributed by atoms with Crippen LogP contribution in [0.25, 0.3) is 0 Å². The highest BCUT2D eigenvalue weighted by atomic mass is 79.9. The van der Waals surface area contributed by atoms with Crippen LogP contribution >= 0.6 is 15.9 Å². The fraction of sp³-hybridized carbons (Fsp3) is 0.500. The fourth-order valence-corrected chi connectivity index (χ4v) is 2.03. The number of halogens is 1. The average molecular weight is 314 g/mol. The molecule has 18 heavy (non-hydrogen) atoms. The standard InChI is InChI=1S/C14H20BrNO2/c1-2-16(9-3-11-17)10-8-14(18)12-4-6-13(15)7-5-12/h4-7,17H,2-3,8-11H2,1H3. The van der Waals surface area contributed by atoms with Gasteiger partial charge in [-0.3, -0.25) is 4.79 Å². The number of nitrogens with zero attached hydrogens (tertiary/aromatic N) is 1. The van der Waals surface area contributed by atoms with Gasteiger partial charge in [-0.2, -0.15) is 0 Å². The quantitative estimate of drug-likeness (QED) is 0.750. The van der Waals surface area contributed by atoms with Crippen molar-refractivity contribution in [2.45, 2.75) is 19.8 Å². The van der Waals surface area contributed by atoms with Crippen LogP contribution in [0.3, 0.4) is 0 Å². The van der Waals surface area contributed by atoms with Crippen LogP contribution in [0.5, 0.6) is 0 Å². The Hall–Kier alpha value is -0.710. The molecule has 0 aromatic heterocycles. The molecule has 100 valence electrons. The van der Waals surface area contributed by atoms with E-state index in [4.69, 9.17) is 5.11 Å². The van der Waals surface area contributed by atoms with E-state index in [-0.39, 0.29) is 12.4 Å². The van der Waals surface area contributed by atoms with E-state index in [1.807, 2.05) is 24.3 Å². The fourth-order valence-electron chi connectivity index (χ4n) is 1.76. The molecule has 1 aromatic carbocycles. The Labute approximate surface area is 117 Å². The number of aliphatic hydroxyl groups is 1. The lowest BCUT2D eigenvalue weighted by atomic mass is 10.1. The molecule has 1 rings (SSSR count). The largest absolute Gasteiger partial charge is 0.396 e. The summed E-state index contributed by atoms with van der Waals surface area (Å²) in [5.41, 5.74) is 0.761. The lowest BCUT2D eigenvalue weighted by molar-refractivity contribution is 0.0964. The molecule has 0 aliphatic carbocycles. The Morgan fingerprint density at radius 3 is 2.50 bits per heavy atom. The first-order chi connectivity index (χ1) is 8.67. The predicted octanol–water partition coefficient (Wildman–Crippen LogP) is 2.73. The van der Waals surface area contributed by atoms with Gasteiger partial charge in [-0.25, -0.2) is 0 Å². The van der Waals surface area contributed by atoms with Crippen LogP contribution in [0.4, 0.5) is 0 Å². The molecule has 0 aliphatic heterocycles. The lowest BCUT2D eigenvalue weighted by Gasteiger charge is -2.19. The molecular formula is C14H20BrNO2. The van der Waals surface area contributed by atoms with Crippen molar-refractivity contribution in [3.05, 3.63) is 34.3 Å². The second-order valence-electron chi connectivity index (χ2n) is 4.19. The third kappa shape index (κ3) is 5.29. The zero-order chi connectivity index (χ0) is 13.4. The predicted molar refractivity (Wildman–Crippen MR) is 76.9 cm³/mol. The minimum atomic E-state index is 0.171. The molecule has 0 atom stereocenters. The molecule has 0 aliphatic rings. The van der Waals surface area contributed by atoms with Crippen molar-refractivity contribution in [2.24, 2.45) is 0 Å². The first-order valence-electron chi connectivity index (χ1n) is 6.29. The first-order valence-corrected chi connectivity index (χ1v) is 7.08. The number of carbonyl (C=O) groups excluding carboxylic acids is 1. The summed E-state index contributed by atoms with van der Waals surface area (Å²) in [6.07, 6.45) is 1.29. The summed E-state index contributed by atoms with van der Waals surface area (Å²) in [7, 11) is 0. The number of aliphatic hydroxyl groups excluding tert-OH is 1. The highest BCUT2D eigenvalue weighted by Crippen LogP contribution is 2.12. The average Bonchev–Trinajstić information content (AvgIpc) is 2.39. The van der Waals surface area contributed by atoms with E-state index < -0.39 is 0 Å². The molecule has 1 N–H and O–H groups in total. The Kier molecular flexibility index (Phi) is 7.16. The summed E-state index contributed by atoms with van der Waals surface area (Å²) >= 11 is 3.35. The van der Waals surface area contributed by atoms with Gasteiger partial charge in [0.1, 0.15) is 0 Å². The van der Waals surface area contributed by atoms with Crippen LogP contribution in [-0.2, 0) is 0 Å². The third-order valence-corrected chi connectivity index (χ3v) is 3.43. The number of benzene rings is 1. The summed E-state index contributed by atoms with van der Waals surface area (Å²) in [5, 5.41) is 8.79. The zero-order valence-electron chi connectivity index (χ0n) is 10.7. The minimum absolute atomic E-state index is 0.171. The summed E-state index contributed by atoms with van der Waals surface area (Å²) in [4.78, 5) is 14.1. The molecule has 0 heterocycles. The van der Waals surface area contributed by atoms with E-state index in [1.54, 1.807) is 0 Å². The van der Waals surface area contributed by atoms with E-state index in [1.165, 1.54) is 0 Å². The van der Waals surface area contributed by atoms with Crippen LogP contribution in [0.15, 0.2) is 28.7 Å². The molecule has 1 aromatic rings. The topological polar surface area (TPSA) is 40.5 Å². The molecule has 0 radical (unpaired) electrons. The molecule has 0 unspecified atom stereocenters. The molecule has 4 heteroatoms. The highest BCUT2D eigenvalue weighted by molar-refractivity contribution is 9.10. The van der Waals surface area contributed by atoms with Gasteiger partial charge in [0.25, 0.3) is 0 Å². The number of rotatable bonds is 8. The second-order valence-corrected chi connectivity index (χ2v) is 5.11. The van der Waals surface area contributed by atoms with Crippen LogP contribution in [0.1, 0.15) is 30.1 Å². The normalized spacial score (nSPS) is 10.9. The summed E-state index contributed by atoms with van der Waals surface area (Å²) in [6.45, 7) is 4.79. The summed E-state index contributed by atoms with van der Waals surface area (Å²) in [5.74, 6) is 0.171. The molecule has 0 saturated heterocycles. The number of ketones is 1. The van der Waals surface area contributed by atoms with Gasteiger partial charge in [0, 0.05) is 36.2 Å². The van der Waals surface area contributed by atoms with Gasteiger partial charge in [0.15, 0.2) is 5.78 Å². The van der Waals surface area contributed by atoms with Crippen molar-refractivity contribution >= 4 is 21.7 Å². The second kappa shape index (κ2) is 8.40. The van der Waals surface area contributed by atoms with E-state index >= 15 is 0 Å². The molecule has 0 fully saturated rings. The Balaban J connectivity index is 2.42. The van der Waals surface area contributed by atoms with E-state index in [0.717, 1.165) is 36.1 Å². The van der Waals surface area contributed by atoms with Crippen molar-refractivity contribution in [1.82, 2.24) is 4.90 Å². The van der Waals surface area contributed by atoms with Gasteiger partial charge in [-0.05, 0) is 25.1 Å². The molecular weight excluding hydrogens is 294 g/mol. The van der Waals surface area contributed by atoms with E-state index in [2.05, 4.69) is 27.8 Å². The van der Waals surface area contributed by atoms with Crippen molar-refractivity contribution in [3.63, 3.8) is 0 Å². The van der Waals surface area contributed by atoms with Crippen molar-refractivity contribution in [3.8, 4) is 0 Å². The van der Waals surface area contributed by atoms with E-state index in [9.17, 15) is 4.79 Å². The van der Waals surface area contributed by atoms with Gasteiger partial charge in [-0.15, -0.1) is 0 Å². The van der Waals surface area contributed by atoms with Crippen LogP contribution in [0, 0.1) is 0 Å². The molecule has 0 amide bonds. The van der Waals surface area contributed by atoms with Gasteiger partial charge in [0.2, 0.25) is 0 Å². The first kappa shape index (κ1) is 15.3. The lowest BCUT2D eigenvalue weighted by Crippen LogP contribution is -2.27. The molecule has 0 spiro atoms. The monoisotopic (exact) mass is 313 g/mol. The summed E-state index contributed by atoms with van der Waals surface area (Å²) < 4.78 is 0.984. The van der Waals surface area contributed by atoms with Gasteiger partial charge < -0.3 is 10.0 Å². The highest BCUT2D eigenvalue weighted by Gasteiger charge is 2.08. The van der Waals surface area contributed by atoms with Crippen LogP contribution in [0.2, 0.25) is 0 Å². The Morgan fingerprint density at radius 1 is 1.28 bits per heavy atom. The van der Waals surface area contributed by atoms with Gasteiger partial charge in [0.05, 0.1) is 0 Å². The van der Waals surface area contributed by atoms with Crippen LogP contribution in [-0.4, -0.2) is 42.0 Å². The number of hydrogen-bond donors (Lipinski definition) is 1. The third-order valence-electron chi connectivity index (χ3n) is 2.90. The van der Waals surface area contributed by atoms with Gasteiger partial charge in [-0.1, -0.05) is 35.0 Å². The Bertz CT molecular complexity index is 365. The maximum absolute atomic E-state index is 12.0. The Morgan fingerprint density at radius 2 is 1.94 bits per heavy atom. The van der Waals surface area contributed by atoms with Gasteiger partial charge >= 0.3 is 0 Å². The molecule has 0 saturated carbocycles. The molecule has 3 nitrogen and oxygen atoms in total. The zero-order valence-corrected chi connectivity index (χ0v) is 12.3. The van der Waals surface area contributed by atoms with Crippen LogP contribution < -0.4 is 0 Å². The smallest absolute Gasteiger partial charge is 0.164 e. The van der Waals surface area contributed by atoms with Crippen molar-refractivity contribution in [2.75, 3.05) is 26.2 Å². The molecule has 0 bridgehead atoms. The van der Waals surface area contributed by atoms with Crippen molar-refractivity contribution in [1.29, 1.82) is 0 Å². The summed E-state index contributed by atoms with van der Waals surface area (Å²) in [6, 6.07) is 7.46. The number of carbonyl (C=O) groups is 1. The maximum Gasteiger partial charge on any atom is 0.164 e. The SMILES string of the molecule is CCN(CCCO)CCC(=O)c1ccc(Br)cc1. The van der Waals surface area contributed by atoms with E-state index in [0.29, 0.717) is 6.42 Å². The minimum Gasteiger partial charge on any atom is -0.396 e.